The summed E-state index contributed by atoms with van der Waals surface area (Å²) in [5.74, 6) is 0.0453. The van der Waals surface area contributed by atoms with Crippen molar-refractivity contribution in [3.8, 4) is 0 Å². The molecule has 0 radical (unpaired) electrons. The molecule has 124 valence electrons. The zero-order valence-electron chi connectivity index (χ0n) is 13.1. The van der Waals surface area contributed by atoms with Crippen LogP contribution in [0.25, 0.3) is 0 Å². The Morgan fingerprint density at radius 2 is 1.86 bits per heavy atom. The lowest BCUT2D eigenvalue weighted by atomic mass is 9.69. The Hall–Kier alpha value is -0.770. The van der Waals surface area contributed by atoms with Crippen LogP contribution in [0.15, 0.2) is 24.3 Å². The van der Waals surface area contributed by atoms with Crippen molar-refractivity contribution in [3.63, 3.8) is 0 Å². The normalized spacial score (nSPS) is 18.1. The number of carbonyl (C=O) groups is 1. The van der Waals surface area contributed by atoms with Crippen molar-refractivity contribution in [2.24, 2.45) is 5.73 Å². The van der Waals surface area contributed by atoms with Gasteiger partial charge in [0.2, 0.25) is 5.91 Å². The second kappa shape index (κ2) is 8.76. The molecular weight excluding hydrogens is 319 g/mol. The highest BCUT2D eigenvalue weighted by Gasteiger charge is 2.34. The summed E-state index contributed by atoms with van der Waals surface area (Å²) in [6.45, 7) is 2.55. The summed E-state index contributed by atoms with van der Waals surface area (Å²) in [6, 6.07) is 7.99. The molecule has 3 nitrogen and oxygen atoms in total. The van der Waals surface area contributed by atoms with Crippen molar-refractivity contribution in [1.29, 1.82) is 0 Å². The van der Waals surface area contributed by atoms with Gasteiger partial charge in [0.25, 0.3) is 0 Å². The molecule has 3 N–H and O–H groups in total. The van der Waals surface area contributed by atoms with Gasteiger partial charge in [-0.05, 0) is 37.5 Å². The molecule has 5 heteroatoms. The van der Waals surface area contributed by atoms with Gasteiger partial charge in [0.05, 0.1) is 0 Å². The van der Waals surface area contributed by atoms with Crippen molar-refractivity contribution in [3.05, 3.63) is 34.9 Å². The largest absolute Gasteiger partial charge is 0.355 e. The van der Waals surface area contributed by atoms with E-state index in [1.54, 1.807) is 0 Å². The summed E-state index contributed by atoms with van der Waals surface area (Å²) in [4.78, 5) is 11.9. The fourth-order valence-corrected chi connectivity index (χ4v) is 3.36. The van der Waals surface area contributed by atoms with Gasteiger partial charge in [0, 0.05) is 29.4 Å². The zero-order valence-corrected chi connectivity index (χ0v) is 14.7. The van der Waals surface area contributed by atoms with Gasteiger partial charge < -0.3 is 11.1 Å². The lowest BCUT2D eigenvalue weighted by Gasteiger charge is -2.38. The van der Waals surface area contributed by atoms with E-state index in [-0.39, 0.29) is 29.8 Å². The van der Waals surface area contributed by atoms with Crippen LogP contribution in [0.5, 0.6) is 0 Å². The maximum Gasteiger partial charge on any atom is 0.221 e. The van der Waals surface area contributed by atoms with Crippen LogP contribution in [-0.4, -0.2) is 18.5 Å². The standard InChI is InChI=1S/C17H25ClN2O.ClH/c1-13(19)11-16(21)20-12-17(9-3-2-4-10-17)14-5-7-15(18)8-6-14;/h5-8,13H,2-4,9-12,19H2,1H3,(H,20,21);1H. The molecule has 1 aromatic carbocycles. The number of amides is 1. The number of halogens is 2. The quantitative estimate of drug-likeness (QED) is 0.852. The molecule has 1 saturated carbocycles. The number of nitrogens with one attached hydrogen (secondary N) is 1. The molecule has 0 spiro atoms. The third-order valence-electron chi connectivity index (χ3n) is 4.40. The fraction of sp³-hybridized carbons (Fsp3) is 0.588. The minimum absolute atomic E-state index is 0. The zero-order chi connectivity index (χ0) is 15.3. The number of nitrogens with two attached hydrogens (primary N) is 1. The van der Waals surface area contributed by atoms with E-state index in [1.807, 2.05) is 19.1 Å². The third-order valence-corrected chi connectivity index (χ3v) is 4.65. The summed E-state index contributed by atoms with van der Waals surface area (Å²) in [6.07, 6.45) is 6.33. The van der Waals surface area contributed by atoms with Gasteiger partial charge in [-0.15, -0.1) is 12.4 Å². The molecule has 1 amide bonds. The van der Waals surface area contributed by atoms with Gasteiger partial charge in [-0.1, -0.05) is 43.0 Å². The van der Waals surface area contributed by atoms with Crippen LogP contribution in [0.1, 0.15) is 51.0 Å². The molecule has 1 aliphatic rings. The van der Waals surface area contributed by atoms with Gasteiger partial charge in [-0.2, -0.15) is 0 Å². The first-order valence-corrected chi connectivity index (χ1v) is 8.18. The van der Waals surface area contributed by atoms with E-state index in [2.05, 4.69) is 17.4 Å². The molecule has 0 aromatic heterocycles. The van der Waals surface area contributed by atoms with Gasteiger partial charge in [-0.3, -0.25) is 4.79 Å². The van der Waals surface area contributed by atoms with E-state index >= 15 is 0 Å². The predicted molar refractivity (Wildman–Crippen MR) is 94.7 cm³/mol. The molecule has 1 aliphatic carbocycles. The number of rotatable bonds is 5. The summed E-state index contributed by atoms with van der Waals surface area (Å²) in [7, 11) is 0. The molecule has 0 heterocycles. The highest BCUT2D eigenvalue weighted by atomic mass is 35.5. The average molecular weight is 345 g/mol. The monoisotopic (exact) mass is 344 g/mol. The van der Waals surface area contributed by atoms with Crippen molar-refractivity contribution in [2.45, 2.75) is 56.9 Å². The minimum atomic E-state index is -0.0946. The maximum atomic E-state index is 11.9. The number of hydrogen-bond donors (Lipinski definition) is 2. The lowest BCUT2D eigenvalue weighted by molar-refractivity contribution is -0.121. The van der Waals surface area contributed by atoms with Crippen LogP contribution >= 0.6 is 24.0 Å². The molecule has 1 unspecified atom stereocenters. The average Bonchev–Trinajstić information content (AvgIpc) is 2.46. The third kappa shape index (κ3) is 5.15. The van der Waals surface area contributed by atoms with Crippen molar-refractivity contribution in [2.75, 3.05) is 6.54 Å². The Balaban J connectivity index is 0.00000242. The van der Waals surface area contributed by atoms with Gasteiger partial charge in [0.1, 0.15) is 0 Å². The van der Waals surface area contributed by atoms with Crippen LogP contribution < -0.4 is 11.1 Å². The Bertz CT molecular complexity index is 468. The van der Waals surface area contributed by atoms with E-state index in [1.165, 1.54) is 24.8 Å². The molecule has 0 bridgehead atoms. The molecule has 1 atom stereocenters. The number of hydrogen-bond acceptors (Lipinski definition) is 2. The molecule has 2 rings (SSSR count). The summed E-state index contributed by atoms with van der Waals surface area (Å²) >= 11 is 6.00. The molecule has 0 saturated heterocycles. The maximum absolute atomic E-state index is 11.9. The minimum Gasteiger partial charge on any atom is -0.355 e. The van der Waals surface area contributed by atoms with E-state index in [9.17, 15) is 4.79 Å². The van der Waals surface area contributed by atoms with E-state index in [4.69, 9.17) is 17.3 Å². The van der Waals surface area contributed by atoms with Gasteiger partial charge in [-0.25, -0.2) is 0 Å². The summed E-state index contributed by atoms with van der Waals surface area (Å²) < 4.78 is 0. The second-order valence-corrected chi connectivity index (χ2v) is 6.74. The van der Waals surface area contributed by atoms with Crippen LogP contribution in [0, 0.1) is 0 Å². The Morgan fingerprint density at radius 1 is 1.27 bits per heavy atom. The SMILES string of the molecule is CC(N)CC(=O)NCC1(c2ccc(Cl)cc2)CCCCC1.Cl. The summed E-state index contributed by atoms with van der Waals surface area (Å²) in [5.41, 5.74) is 7.02. The molecular formula is C17H26Cl2N2O. The molecule has 1 fully saturated rings. The number of benzene rings is 1. The summed E-state index contributed by atoms with van der Waals surface area (Å²) in [5, 5.41) is 3.84. The van der Waals surface area contributed by atoms with Crippen LogP contribution in [0.3, 0.4) is 0 Å². The van der Waals surface area contributed by atoms with Crippen molar-refractivity contribution < 1.29 is 4.79 Å². The van der Waals surface area contributed by atoms with Crippen molar-refractivity contribution >= 4 is 29.9 Å². The van der Waals surface area contributed by atoms with Crippen LogP contribution in [0.2, 0.25) is 5.02 Å². The molecule has 22 heavy (non-hydrogen) atoms. The lowest BCUT2D eigenvalue weighted by Crippen LogP contribution is -2.43. The van der Waals surface area contributed by atoms with Crippen LogP contribution in [0.4, 0.5) is 0 Å². The fourth-order valence-electron chi connectivity index (χ4n) is 3.23. The Kier molecular flexibility index (Phi) is 7.67. The second-order valence-electron chi connectivity index (χ2n) is 6.31. The van der Waals surface area contributed by atoms with Gasteiger partial charge in [0.15, 0.2) is 0 Å². The Morgan fingerprint density at radius 3 is 2.41 bits per heavy atom. The van der Waals surface area contributed by atoms with E-state index in [0.29, 0.717) is 13.0 Å². The highest BCUT2D eigenvalue weighted by Crippen LogP contribution is 2.39. The van der Waals surface area contributed by atoms with E-state index < -0.39 is 0 Å². The van der Waals surface area contributed by atoms with E-state index in [0.717, 1.165) is 17.9 Å². The first-order chi connectivity index (χ1) is 10.0. The smallest absolute Gasteiger partial charge is 0.221 e. The highest BCUT2D eigenvalue weighted by molar-refractivity contribution is 6.30. The number of carbonyl (C=O) groups excluding carboxylic acids is 1. The molecule has 0 aliphatic heterocycles. The Labute approximate surface area is 144 Å². The first-order valence-electron chi connectivity index (χ1n) is 7.80. The predicted octanol–water partition coefficient (Wildman–Crippen LogP) is 3.82. The topological polar surface area (TPSA) is 55.1 Å². The van der Waals surface area contributed by atoms with Crippen molar-refractivity contribution in [1.82, 2.24) is 5.32 Å². The first kappa shape index (κ1) is 19.3. The van der Waals surface area contributed by atoms with Crippen LogP contribution in [-0.2, 0) is 10.2 Å². The molecule has 1 aromatic rings. The van der Waals surface area contributed by atoms with Gasteiger partial charge >= 0.3 is 0 Å².